The van der Waals surface area contributed by atoms with Gasteiger partial charge >= 0.3 is 0 Å². The Balaban J connectivity index is 2.11. The number of hydrogen-bond donors (Lipinski definition) is 1. The summed E-state index contributed by atoms with van der Waals surface area (Å²) in [7, 11) is 0. The van der Waals surface area contributed by atoms with Gasteiger partial charge in [0.1, 0.15) is 0 Å². The first kappa shape index (κ1) is 16.9. The fraction of sp³-hybridized carbons (Fsp3) is 0.353. The molecular formula is C17H21Cl2N3. The lowest BCUT2D eigenvalue weighted by molar-refractivity contribution is 0.509. The lowest BCUT2D eigenvalue weighted by atomic mass is 10.2. The molecule has 2 rings (SSSR count). The first-order valence-corrected chi connectivity index (χ1v) is 8.05. The maximum absolute atomic E-state index is 5.98. The smallest absolute Gasteiger partial charge is 0.0613 e. The summed E-state index contributed by atoms with van der Waals surface area (Å²) in [5.41, 5.74) is 7.38. The molecule has 0 amide bonds. The second-order valence-electron chi connectivity index (χ2n) is 5.83. The molecule has 0 aliphatic rings. The van der Waals surface area contributed by atoms with Gasteiger partial charge in [-0.3, -0.25) is 5.43 Å². The molecule has 0 aliphatic carbocycles. The van der Waals surface area contributed by atoms with Crippen molar-refractivity contribution in [2.24, 2.45) is 11.0 Å². The number of hydrogen-bond acceptors (Lipinski definition) is 2. The molecule has 0 fully saturated rings. The second kappa shape index (κ2) is 7.21. The Hall–Kier alpha value is -1.45. The van der Waals surface area contributed by atoms with Gasteiger partial charge in [-0.05, 0) is 44.0 Å². The first-order valence-electron chi connectivity index (χ1n) is 7.29. The largest absolute Gasteiger partial charge is 0.348 e. The topological polar surface area (TPSA) is 29.3 Å². The summed E-state index contributed by atoms with van der Waals surface area (Å²) in [6, 6.07) is 7.49. The highest BCUT2D eigenvalue weighted by Crippen LogP contribution is 2.25. The molecule has 5 heteroatoms. The van der Waals surface area contributed by atoms with Crippen LogP contribution in [0.25, 0.3) is 0 Å². The summed E-state index contributed by atoms with van der Waals surface area (Å²) in [6.45, 7) is 9.71. The Morgan fingerprint density at radius 3 is 2.55 bits per heavy atom. The molecule has 0 bridgehead atoms. The van der Waals surface area contributed by atoms with Crippen LogP contribution in [0.4, 0.5) is 5.69 Å². The van der Waals surface area contributed by atoms with Gasteiger partial charge in [-0.2, -0.15) is 5.10 Å². The van der Waals surface area contributed by atoms with E-state index in [9.17, 15) is 0 Å². The minimum absolute atomic E-state index is 0.511. The van der Waals surface area contributed by atoms with Crippen LogP contribution in [0.3, 0.4) is 0 Å². The van der Waals surface area contributed by atoms with Gasteiger partial charge in [0, 0.05) is 23.5 Å². The van der Waals surface area contributed by atoms with Crippen molar-refractivity contribution in [3.63, 3.8) is 0 Å². The molecule has 0 saturated heterocycles. The molecule has 1 heterocycles. The highest BCUT2D eigenvalue weighted by molar-refractivity contribution is 6.42. The SMILES string of the molecule is Cc1cc(/C=N\Nc2ccc(Cl)c(Cl)c2)c(C)n1CC(C)C. The van der Waals surface area contributed by atoms with Gasteiger partial charge < -0.3 is 4.57 Å². The average molecular weight is 338 g/mol. The zero-order valence-corrected chi connectivity index (χ0v) is 14.8. The van der Waals surface area contributed by atoms with Crippen molar-refractivity contribution in [2.75, 3.05) is 5.43 Å². The van der Waals surface area contributed by atoms with Gasteiger partial charge in [-0.15, -0.1) is 0 Å². The summed E-state index contributed by atoms with van der Waals surface area (Å²) in [5.74, 6) is 0.615. The van der Waals surface area contributed by atoms with Crippen molar-refractivity contribution in [3.8, 4) is 0 Å². The van der Waals surface area contributed by atoms with E-state index in [1.54, 1.807) is 12.1 Å². The van der Waals surface area contributed by atoms with E-state index < -0.39 is 0 Å². The second-order valence-corrected chi connectivity index (χ2v) is 6.64. The van der Waals surface area contributed by atoms with Crippen LogP contribution in [-0.4, -0.2) is 10.8 Å². The van der Waals surface area contributed by atoms with Gasteiger partial charge in [0.05, 0.1) is 21.9 Å². The van der Waals surface area contributed by atoms with Crippen LogP contribution in [0, 0.1) is 19.8 Å². The zero-order chi connectivity index (χ0) is 16.3. The van der Waals surface area contributed by atoms with Crippen LogP contribution in [0.2, 0.25) is 10.0 Å². The van der Waals surface area contributed by atoms with Crippen LogP contribution >= 0.6 is 23.2 Å². The maximum Gasteiger partial charge on any atom is 0.0613 e. The Morgan fingerprint density at radius 2 is 1.91 bits per heavy atom. The minimum Gasteiger partial charge on any atom is -0.348 e. The number of aryl methyl sites for hydroxylation is 1. The van der Waals surface area contributed by atoms with Gasteiger partial charge in [0.15, 0.2) is 0 Å². The lowest BCUT2D eigenvalue weighted by Crippen LogP contribution is -2.08. The lowest BCUT2D eigenvalue weighted by Gasteiger charge is -2.11. The zero-order valence-electron chi connectivity index (χ0n) is 13.3. The number of halogens is 2. The average Bonchev–Trinajstić information content (AvgIpc) is 2.70. The fourth-order valence-corrected chi connectivity index (χ4v) is 2.64. The van der Waals surface area contributed by atoms with E-state index >= 15 is 0 Å². The van der Waals surface area contributed by atoms with Crippen molar-refractivity contribution >= 4 is 35.1 Å². The van der Waals surface area contributed by atoms with Gasteiger partial charge in [0.2, 0.25) is 0 Å². The molecule has 2 aromatic rings. The minimum atomic E-state index is 0.511. The standard InChI is InChI=1S/C17H21Cl2N3/c1-11(2)10-22-12(3)7-14(13(22)4)9-20-21-15-5-6-16(18)17(19)8-15/h5-9,11,21H,10H2,1-4H3/b20-9-. The van der Waals surface area contributed by atoms with Crippen molar-refractivity contribution < 1.29 is 0 Å². The summed E-state index contributed by atoms with van der Waals surface area (Å²) < 4.78 is 2.32. The van der Waals surface area contributed by atoms with Gasteiger partial charge in [0.25, 0.3) is 0 Å². The van der Waals surface area contributed by atoms with Crippen molar-refractivity contribution in [1.29, 1.82) is 0 Å². The van der Waals surface area contributed by atoms with Gasteiger partial charge in [-0.25, -0.2) is 0 Å². The van der Waals surface area contributed by atoms with E-state index in [0.717, 1.165) is 17.8 Å². The molecule has 0 radical (unpaired) electrons. The first-order chi connectivity index (χ1) is 10.4. The summed E-state index contributed by atoms with van der Waals surface area (Å²) in [6.07, 6.45) is 1.83. The summed E-state index contributed by atoms with van der Waals surface area (Å²) >= 11 is 11.9. The third kappa shape index (κ3) is 4.05. The fourth-order valence-electron chi connectivity index (χ4n) is 2.35. The Bertz CT molecular complexity index is 687. The van der Waals surface area contributed by atoms with E-state index in [4.69, 9.17) is 23.2 Å². The predicted molar refractivity (Wildman–Crippen MR) is 96.4 cm³/mol. The number of aromatic nitrogens is 1. The van der Waals surface area contributed by atoms with Crippen molar-refractivity contribution in [3.05, 3.63) is 51.3 Å². The quantitative estimate of drug-likeness (QED) is 0.565. The van der Waals surface area contributed by atoms with Crippen molar-refractivity contribution in [1.82, 2.24) is 4.57 Å². The molecule has 1 aromatic heterocycles. The monoisotopic (exact) mass is 337 g/mol. The van der Waals surface area contributed by atoms with E-state index in [0.29, 0.717) is 16.0 Å². The molecular weight excluding hydrogens is 317 g/mol. The maximum atomic E-state index is 5.98. The third-order valence-electron chi connectivity index (χ3n) is 3.48. The summed E-state index contributed by atoms with van der Waals surface area (Å²) in [4.78, 5) is 0. The van der Waals surface area contributed by atoms with E-state index in [1.807, 2.05) is 12.3 Å². The Labute approximate surface area is 141 Å². The number of anilines is 1. The van der Waals surface area contributed by atoms with E-state index in [1.165, 1.54) is 11.4 Å². The molecule has 22 heavy (non-hydrogen) atoms. The van der Waals surface area contributed by atoms with Crippen molar-refractivity contribution in [2.45, 2.75) is 34.2 Å². The number of benzene rings is 1. The van der Waals surface area contributed by atoms with E-state index in [-0.39, 0.29) is 0 Å². The van der Waals surface area contributed by atoms with Gasteiger partial charge in [-0.1, -0.05) is 37.0 Å². The van der Waals surface area contributed by atoms with Crippen LogP contribution in [0.5, 0.6) is 0 Å². The highest BCUT2D eigenvalue weighted by atomic mass is 35.5. The molecule has 0 unspecified atom stereocenters. The van der Waals surface area contributed by atoms with Crippen LogP contribution in [0.1, 0.15) is 30.8 Å². The Kier molecular flexibility index (Phi) is 5.54. The molecule has 1 aromatic carbocycles. The van der Waals surface area contributed by atoms with Crippen LogP contribution in [-0.2, 0) is 6.54 Å². The Morgan fingerprint density at radius 1 is 1.18 bits per heavy atom. The molecule has 0 saturated carbocycles. The van der Waals surface area contributed by atoms with E-state index in [2.05, 4.69) is 48.9 Å². The number of hydrazone groups is 1. The number of rotatable bonds is 5. The molecule has 1 N–H and O–H groups in total. The normalized spacial score (nSPS) is 11.6. The van der Waals surface area contributed by atoms with Crippen LogP contribution in [0.15, 0.2) is 29.4 Å². The summed E-state index contributed by atoms with van der Waals surface area (Å²) in [5, 5.41) is 5.33. The number of nitrogens with zero attached hydrogens (tertiary/aromatic N) is 2. The highest BCUT2D eigenvalue weighted by Gasteiger charge is 2.08. The molecule has 0 spiro atoms. The molecule has 118 valence electrons. The third-order valence-corrected chi connectivity index (χ3v) is 4.22. The van der Waals surface area contributed by atoms with Crippen LogP contribution < -0.4 is 5.43 Å². The predicted octanol–water partition coefficient (Wildman–Crippen LogP) is 5.51. The number of nitrogens with one attached hydrogen (secondary N) is 1. The molecule has 0 aliphatic heterocycles. The molecule has 3 nitrogen and oxygen atoms in total. The molecule has 0 atom stereocenters.